The molecule has 2 aromatic rings. The van der Waals surface area contributed by atoms with Gasteiger partial charge in [-0.3, -0.25) is 0 Å². The highest BCUT2D eigenvalue weighted by molar-refractivity contribution is 7.88. The molecule has 0 radical (unpaired) electrons. The second-order valence-corrected chi connectivity index (χ2v) is 7.41. The molecule has 1 fully saturated rings. The topological polar surface area (TPSA) is 72.4 Å². The van der Waals surface area contributed by atoms with Crippen molar-refractivity contribution < 1.29 is 17.5 Å². The molecule has 0 N–H and O–H groups in total. The highest BCUT2D eigenvalue weighted by atomic mass is 32.2. The van der Waals surface area contributed by atoms with Gasteiger partial charge in [0.15, 0.2) is 0 Å². The number of benzene rings is 1. The van der Waals surface area contributed by atoms with Crippen molar-refractivity contribution in [3.05, 3.63) is 23.8 Å². The quantitative estimate of drug-likeness (QED) is 0.841. The van der Waals surface area contributed by atoms with Gasteiger partial charge < -0.3 is 4.74 Å². The van der Waals surface area contributed by atoms with E-state index in [0.717, 1.165) is 16.0 Å². The molecule has 0 unspecified atom stereocenters. The van der Waals surface area contributed by atoms with Crippen LogP contribution in [0.3, 0.4) is 0 Å². The van der Waals surface area contributed by atoms with E-state index in [1.54, 1.807) is 18.2 Å². The van der Waals surface area contributed by atoms with Gasteiger partial charge in [0.05, 0.1) is 17.5 Å². The molecule has 0 saturated carbocycles. The molecule has 1 aromatic carbocycles. The Balaban J connectivity index is 1.85. The minimum absolute atomic E-state index is 0.0469. The predicted octanol–water partition coefficient (Wildman–Crippen LogP) is 1.19. The Bertz CT molecular complexity index is 749. The van der Waals surface area contributed by atoms with Crippen LogP contribution in [0.5, 0.6) is 0 Å². The van der Waals surface area contributed by atoms with Crippen molar-refractivity contribution in [2.24, 2.45) is 0 Å². The van der Waals surface area contributed by atoms with Gasteiger partial charge in [-0.25, -0.2) is 12.8 Å². The Hall–Kier alpha value is -1.16. The van der Waals surface area contributed by atoms with Gasteiger partial charge in [-0.05, 0) is 11.6 Å². The molecule has 21 heavy (non-hydrogen) atoms. The van der Waals surface area contributed by atoms with Crippen LogP contribution in [-0.4, -0.2) is 53.9 Å². The fourth-order valence-electron chi connectivity index (χ4n) is 2.42. The molecule has 1 saturated heterocycles. The lowest BCUT2D eigenvalue weighted by molar-refractivity contribution is 0.0637. The van der Waals surface area contributed by atoms with Gasteiger partial charge in [-0.15, -0.1) is 0 Å². The van der Waals surface area contributed by atoms with Crippen molar-refractivity contribution >= 4 is 32.8 Å². The number of ether oxygens (including phenoxy) is 1. The minimum atomic E-state index is -3.61. The van der Waals surface area contributed by atoms with E-state index in [4.69, 9.17) is 4.74 Å². The molecule has 0 spiro atoms. The Kier molecular flexibility index (Phi) is 3.91. The van der Waals surface area contributed by atoms with Crippen LogP contribution in [0.25, 0.3) is 11.0 Å². The second-order valence-electron chi connectivity index (χ2n) is 4.91. The summed E-state index contributed by atoms with van der Waals surface area (Å²) in [5.74, 6) is -0.209. The molecule has 1 aromatic heterocycles. The maximum absolute atomic E-state index is 13.7. The lowest BCUT2D eigenvalue weighted by Gasteiger charge is -2.15. The number of aromatic nitrogens is 2. The third-order valence-corrected chi connectivity index (χ3v) is 5.87. The Morgan fingerprint density at radius 1 is 1.43 bits per heavy atom. The highest BCUT2D eigenvalue weighted by Crippen LogP contribution is 2.24. The first-order valence-corrected chi connectivity index (χ1v) is 8.70. The molecular weight excluding hydrogens is 317 g/mol. The molecule has 0 amide bonds. The number of halogens is 1. The first kappa shape index (κ1) is 14.8. The minimum Gasteiger partial charge on any atom is -0.377 e. The summed E-state index contributed by atoms with van der Waals surface area (Å²) in [5, 5.41) is 0. The van der Waals surface area contributed by atoms with Crippen molar-refractivity contribution in [2.45, 2.75) is 18.0 Å². The van der Waals surface area contributed by atoms with Gasteiger partial charge in [-0.1, -0.05) is 12.1 Å². The average Bonchev–Trinajstić information content (AvgIpc) is 3.05. The summed E-state index contributed by atoms with van der Waals surface area (Å²) in [6, 6.07) is 5.23. The van der Waals surface area contributed by atoms with E-state index in [2.05, 4.69) is 8.75 Å². The summed E-state index contributed by atoms with van der Waals surface area (Å²) in [4.78, 5) is 0. The molecule has 3 rings (SSSR count). The maximum atomic E-state index is 13.7. The van der Waals surface area contributed by atoms with Crippen molar-refractivity contribution in [3.8, 4) is 0 Å². The summed E-state index contributed by atoms with van der Waals surface area (Å²) in [6.45, 7) is -0.114. The first-order chi connectivity index (χ1) is 10.0. The van der Waals surface area contributed by atoms with Crippen molar-refractivity contribution in [1.82, 2.24) is 13.1 Å². The normalized spacial score (nSPS) is 23.9. The van der Waals surface area contributed by atoms with Gasteiger partial charge >= 0.3 is 0 Å². The zero-order valence-electron chi connectivity index (χ0n) is 11.3. The Labute approximate surface area is 125 Å². The summed E-state index contributed by atoms with van der Waals surface area (Å²) in [5.41, 5.74) is 1.84. The number of nitrogens with zero attached hydrogens (tertiary/aromatic N) is 3. The van der Waals surface area contributed by atoms with Gasteiger partial charge in [0.2, 0.25) is 10.0 Å². The number of methoxy groups -OCH3 is 1. The largest absolute Gasteiger partial charge is 0.377 e. The Morgan fingerprint density at radius 3 is 2.95 bits per heavy atom. The van der Waals surface area contributed by atoms with Gasteiger partial charge in [0.1, 0.15) is 23.3 Å². The lowest BCUT2D eigenvalue weighted by atomic mass is 10.2. The van der Waals surface area contributed by atoms with Crippen molar-refractivity contribution in [1.29, 1.82) is 0 Å². The zero-order valence-corrected chi connectivity index (χ0v) is 12.9. The molecule has 9 heteroatoms. The fourth-order valence-corrected chi connectivity index (χ4v) is 4.54. The van der Waals surface area contributed by atoms with Gasteiger partial charge in [-0.2, -0.15) is 13.1 Å². The molecule has 1 aliphatic heterocycles. The standard InChI is InChI=1S/C12H14FN3O3S2/c1-19-11-6-16(5-9(11)13)21(17,18)7-8-3-2-4-10-12(8)15-20-14-10/h2-4,9,11H,5-7H2,1H3/t9-,11-/m1/s1. The number of rotatable bonds is 4. The lowest BCUT2D eigenvalue weighted by Crippen LogP contribution is -2.31. The summed E-state index contributed by atoms with van der Waals surface area (Å²) in [6.07, 6.45) is -1.99. The smallest absolute Gasteiger partial charge is 0.218 e. The van der Waals surface area contributed by atoms with Crippen LogP contribution in [0, 0.1) is 0 Å². The van der Waals surface area contributed by atoms with Gasteiger partial charge in [0.25, 0.3) is 0 Å². The van der Waals surface area contributed by atoms with E-state index in [-0.39, 0.29) is 18.8 Å². The second kappa shape index (κ2) is 5.56. The van der Waals surface area contributed by atoms with Gasteiger partial charge in [0, 0.05) is 20.2 Å². The van der Waals surface area contributed by atoms with Crippen LogP contribution in [0.15, 0.2) is 18.2 Å². The SMILES string of the molecule is CO[C@@H]1CN(S(=O)(=O)Cc2cccc3nsnc23)C[C@H]1F. The van der Waals surface area contributed by atoms with Crippen LogP contribution < -0.4 is 0 Å². The molecule has 0 aliphatic carbocycles. The van der Waals surface area contributed by atoms with Crippen LogP contribution in [-0.2, 0) is 20.5 Å². The molecule has 1 aliphatic rings. The molecule has 114 valence electrons. The molecule has 2 atom stereocenters. The monoisotopic (exact) mass is 331 g/mol. The molecule has 6 nitrogen and oxygen atoms in total. The molecular formula is C12H14FN3O3S2. The summed E-state index contributed by atoms with van der Waals surface area (Å²) >= 11 is 1.04. The number of alkyl halides is 1. The van der Waals surface area contributed by atoms with Crippen LogP contribution in [0.4, 0.5) is 4.39 Å². The predicted molar refractivity (Wildman–Crippen MR) is 77.3 cm³/mol. The molecule has 2 heterocycles. The third kappa shape index (κ3) is 2.78. The van der Waals surface area contributed by atoms with E-state index in [9.17, 15) is 12.8 Å². The van der Waals surface area contributed by atoms with E-state index in [1.807, 2.05) is 0 Å². The van der Waals surface area contributed by atoms with Crippen LogP contribution in [0.1, 0.15) is 5.56 Å². The van der Waals surface area contributed by atoms with Crippen LogP contribution in [0.2, 0.25) is 0 Å². The van der Waals surface area contributed by atoms with Crippen LogP contribution >= 0.6 is 11.7 Å². The van der Waals surface area contributed by atoms with E-state index in [1.165, 1.54) is 7.11 Å². The number of fused-ring (bicyclic) bond motifs is 1. The zero-order chi connectivity index (χ0) is 15.0. The van der Waals surface area contributed by atoms with Crippen molar-refractivity contribution in [2.75, 3.05) is 20.2 Å². The summed E-state index contributed by atoms with van der Waals surface area (Å²) < 4.78 is 52.8. The molecule has 0 bridgehead atoms. The van der Waals surface area contributed by atoms with E-state index >= 15 is 0 Å². The first-order valence-electron chi connectivity index (χ1n) is 6.36. The number of hydrogen-bond acceptors (Lipinski definition) is 6. The highest BCUT2D eigenvalue weighted by Gasteiger charge is 2.39. The maximum Gasteiger partial charge on any atom is 0.218 e. The van der Waals surface area contributed by atoms with E-state index in [0.29, 0.717) is 16.6 Å². The number of sulfonamides is 1. The van der Waals surface area contributed by atoms with Crippen molar-refractivity contribution in [3.63, 3.8) is 0 Å². The van der Waals surface area contributed by atoms with E-state index < -0.39 is 22.3 Å². The Morgan fingerprint density at radius 2 is 2.24 bits per heavy atom. The number of hydrogen-bond donors (Lipinski definition) is 0. The average molecular weight is 331 g/mol. The fraction of sp³-hybridized carbons (Fsp3) is 0.500. The third-order valence-electron chi connectivity index (χ3n) is 3.57. The summed E-state index contributed by atoms with van der Waals surface area (Å²) in [7, 11) is -2.22.